The van der Waals surface area contributed by atoms with E-state index in [4.69, 9.17) is 15.2 Å². The summed E-state index contributed by atoms with van der Waals surface area (Å²) < 4.78 is 12.5. The van der Waals surface area contributed by atoms with Crippen LogP contribution in [0.25, 0.3) is 0 Å². The number of aromatic nitrogens is 2. The molecule has 1 unspecified atom stereocenters. The molecule has 172 valence electrons. The third-order valence-electron chi connectivity index (χ3n) is 5.73. The molecule has 3 heterocycles. The van der Waals surface area contributed by atoms with Crippen LogP contribution in [0, 0.1) is 11.8 Å². The van der Waals surface area contributed by atoms with E-state index in [-0.39, 0.29) is 17.8 Å². The molecule has 4 N–H and O–H groups in total. The molecule has 0 radical (unpaired) electrons. The second-order valence-electron chi connectivity index (χ2n) is 7.69. The van der Waals surface area contributed by atoms with Gasteiger partial charge in [0.2, 0.25) is 5.91 Å². The molecule has 2 aliphatic heterocycles. The number of hydrazone groups is 1. The van der Waals surface area contributed by atoms with Crippen molar-refractivity contribution in [2.75, 3.05) is 27.3 Å². The Bertz CT molecular complexity index is 1150. The highest BCUT2D eigenvalue weighted by atomic mass is 16.5. The van der Waals surface area contributed by atoms with Crippen molar-refractivity contribution in [1.82, 2.24) is 20.1 Å². The number of methoxy groups -OCH3 is 2. The number of amides is 1. The Balaban J connectivity index is 1.74. The van der Waals surface area contributed by atoms with Crippen LogP contribution in [0.4, 0.5) is 0 Å². The first kappa shape index (κ1) is 22.2. The number of amidine groups is 1. The van der Waals surface area contributed by atoms with E-state index in [9.17, 15) is 9.90 Å². The van der Waals surface area contributed by atoms with Crippen molar-refractivity contribution in [1.29, 1.82) is 0 Å². The topological polar surface area (TPSA) is 127 Å². The van der Waals surface area contributed by atoms with Crippen molar-refractivity contribution in [2.45, 2.75) is 25.1 Å². The number of likely N-dealkylation sites (tertiary alicyclic amines) is 1. The summed E-state index contributed by atoms with van der Waals surface area (Å²) in [4.78, 5) is 13.7. The number of piperidine rings is 1. The molecule has 1 aromatic heterocycles. The zero-order valence-electron chi connectivity index (χ0n) is 18.5. The number of ether oxygens (including phenoxy) is 2. The first-order valence-corrected chi connectivity index (χ1v) is 10.5. The van der Waals surface area contributed by atoms with Gasteiger partial charge in [-0.3, -0.25) is 14.9 Å². The van der Waals surface area contributed by atoms with Crippen molar-refractivity contribution in [2.24, 2.45) is 10.8 Å². The standard InChI is InChI=1S/C23H26N6O4/c1-4-19(30)28-9-7-15(8-10-28)29-18(20-21(27-29)23(31)26-25-22(20)24)6-5-14-11-16(32-2)13-17(12-14)33-3/h4,11-13,15,23,26,31H,1,7-10H2,2-3H3,(H2,24,25). The average Bonchev–Trinajstić information content (AvgIpc) is 3.25. The van der Waals surface area contributed by atoms with E-state index in [1.807, 2.05) is 0 Å². The molecule has 1 aromatic carbocycles. The van der Waals surface area contributed by atoms with Crippen molar-refractivity contribution in [3.63, 3.8) is 0 Å². The molecule has 10 nitrogen and oxygen atoms in total. The largest absolute Gasteiger partial charge is 0.497 e. The van der Waals surface area contributed by atoms with Crippen molar-refractivity contribution >= 4 is 11.7 Å². The zero-order chi connectivity index (χ0) is 23.5. The van der Waals surface area contributed by atoms with Crippen LogP contribution in [0.2, 0.25) is 0 Å². The summed E-state index contributed by atoms with van der Waals surface area (Å²) in [5, 5.41) is 19.0. The maximum absolute atomic E-state index is 12.0. The number of nitrogens with zero attached hydrogens (tertiary/aromatic N) is 4. The van der Waals surface area contributed by atoms with E-state index in [1.54, 1.807) is 42.0 Å². The molecule has 0 spiro atoms. The van der Waals surface area contributed by atoms with Crippen LogP contribution in [0.3, 0.4) is 0 Å². The van der Waals surface area contributed by atoms with Crippen molar-refractivity contribution < 1.29 is 19.4 Å². The van der Waals surface area contributed by atoms with E-state index < -0.39 is 6.23 Å². The summed E-state index contributed by atoms with van der Waals surface area (Å²) in [6.07, 6.45) is 1.60. The molecule has 1 atom stereocenters. The van der Waals surface area contributed by atoms with Gasteiger partial charge in [0, 0.05) is 24.7 Å². The summed E-state index contributed by atoms with van der Waals surface area (Å²) in [6.45, 7) is 4.71. The quantitative estimate of drug-likeness (QED) is 0.466. The van der Waals surface area contributed by atoms with Gasteiger partial charge in [-0.2, -0.15) is 10.2 Å². The Kier molecular flexibility index (Phi) is 6.24. The number of carbonyl (C=O) groups excluding carboxylic acids is 1. The average molecular weight is 450 g/mol. The lowest BCUT2D eigenvalue weighted by Gasteiger charge is -2.31. The van der Waals surface area contributed by atoms with Gasteiger partial charge in [-0.15, -0.1) is 0 Å². The number of rotatable bonds is 4. The van der Waals surface area contributed by atoms with Crippen LogP contribution >= 0.6 is 0 Å². The van der Waals surface area contributed by atoms with Crippen molar-refractivity contribution in [3.8, 4) is 23.3 Å². The summed E-state index contributed by atoms with van der Waals surface area (Å²) in [7, 11) is 3.15. The maximum atomic E-state index is 12.0. The minimum atomic E-state index is -1.09. The van der Waals surface area contributed by atoms with Gasteiger partial charge in [0.1, 0.15) is 22.9 Å². The molecule has 4 rings (SSSR count). The van der Waals surface area contributed by atoms with Gasteiger partial charge in [0.25, 0.3) is 0 Å². The maximum Gasteiger partial charge on any atom is 0.245 e. The SMILES string of the molecule is C=CC(=O)N1CCC(n2nc3c(c2C#Cc2cc(OC)cc(OC)c2)C(N)=NNC3O)CC1. The lowest BCUT2D eigenvalue weighted by Crippen LogP contribution is -2.38. The Morgan fingerprint density at radius 1 is 1.24 bits per heavy atom. The fourth-order valence-electron chi connectivity index (χ4n) is 4.00. The number of nitrogens with two attached hydrogens (primary N) is 1. The summed E-state index contributed by atoms with van der Waals surface area (Å²) in [5.41, 5.74) is 10.8. The van der Waals surface area contributed by atoms with Crippen LogP contribution < -0.4 is 20.6 Å². The fraction of sp³-hybridized carbons (Fsp3) is 0.348. The molecule has 2 aromatic rings. The molecule has 1 saturated heterocycles. The Hall–Kier alpha value is -3.97. The van der Waals surface area contributed by atoms with Gasteiger partial charge >= 0.3 is 0 Å². The highest BCUT2D eigenvalue weighted by Gasteiger charge is 2.32. The van der Waals surface area contributed by atoms with Gasteiger partial charge in [-0.25, -0.2) is 0 Å². The Labute approximate surface area is 191 Å². The van der Waals surface area contributed by atoms with E-state index in [0.717, 1.165) is 0 Å². The Morgan fingerprint density at radius 3 is 2.52 bits per heavy atom. The minimum absolute atomic E-state index is 0.0198. The third kappa shape index (κ3) is 4.36. The number of carbonyl (C=O) groups is 1. The van der Waals surface area contributed by atoms with Crippen LogP contribution in [0.1, 0.15) is 47.6 Å². The fourth-order valence-corrected chi connectivity index (χ4v) is 4.00. The number of hydrogen-bond acceptors (Lipinski definition) is 8. The zero-order valence-corrected chi connectivity index (χ0v) is 18.5. The van der Waals surface area contributed by atoms with Crippen LogP contribution in [-0.4, -0.2) is 58.8 Å². The summed E-state index contributed by atoms with van der Waals surface area (Å²) in [6, 6.07) is 5.35. The normalized spacial score (nSPS) is 17.7. The predicted octanol–water partition coefficient (Wildman–Crippen LogP) is 0.864. The first-order valence-electron chi connectivity index (χ1n) is 10.5. The summed E-state index contributed by atoms with van der Waals surface area (Å²) in [5.74, 6) is 7.67. The van der Waals surface area contributed by atoms with Crippen molar-refractivity contribution in [3.05, 3.63) is 53.4 Å². The number of hydrogen-bond donors (Lipinski definition) is 3. The molecular weight excluding hydrogens is 424 g/mol. The van der Waals surface area contributed by atoms with E-state index >= 15 is 0 Å². The van der Waals surface area contributed by atoms with Gasteiger partial charge in [0.05, 0.1) is 25.8 Å². The molecule has 33 heavy (non-hydrogen) atoms. The van der Waals surface area contributed by atoms with Gasteiger partial charge in [0.15, 0.2) is 12.1 Å². The second-order valence-corrected chi connectivity index (χ2v) is 7.69. The minimum Gasteiger partial charge on any atom is -0.497 e. The third-order valence-corrected chi connectivity index (χ3v) is 5.73. The molecule has 1 fully saturated rings. The number of fused-ring (bicyclic) bond motifs is 1. The molecule has 1 amide bonds. The van der Waals surface area contributed by atoms with Crippen LogP contribution in [0.15, 0.2) is 36.0 Å². The second kappa shape index (κ2) is 9.26. The molecule has 2 aliphatic rings. The highest BCUT2D eigenvalue weighted by Crippen LogP contribution is 2.30. The molecule has 0 bridgehead atoms. The molecule has 0 saturated carbocycles. The van der Waals surface area contributed by atoms with E-state index in [1.165, 1.54) is 6.08 Å². The summed E-state index contributed by atoms with van der Waals surface area (Å²) >= 11 is 0. The van der Waals surface area contributed by atoms with E-state index in [2.05, 4.69) is 34.0 Å². The van der Waals surface area contributed by atoms with Crippen LogP contribution in [-0.2, 0) is 4.79 Å². The van der Waals surface area contributed by atoms with Gasteiger partial charge < -0.3 is 25.2 Å². The van der Waals surface area contributed by atoms with Gasteiger partial charge in [-0.1, -0.05) is 12.5 Å². The number of aliphatic hydroxyl groups excluding tert-OH is 1. The van der Waals surface area contributed by atoms with Crippen LogP contribution in [0.5, 0.6) is 11.5 Å². The highest BCUT2D eigenvalue weighted by molar-refractivity contribution is 6.01. The van der Waals surface area contributed by atoms with E-state index in [0.29, 0.717) is 59.9 Å². The number of nitrogens with one attached hydrogen (secondary N) is 1. The number of aliphatic hydroxyl groups is 1. The number of benzene rings is 1. The monoisotopic (exact) mass is 450 g/mol. The molecular formula is C23H26N6O4. The van der Waals surface area contributed by atoms with Gasteiger partial charge in [-0.05, 0) is 37.0 Å². The lowest BCUT2D eigenvalue weighted by molar-refractivity contribution is -0.127. The molecule has 0 aliphatic carbocycles. The predicted molar refractivity (Wildman–Crippen MR) is 122 cm³/mol. The molecule has 10 heteroatoms. The smallest absolute Gasteiger partial charge is 0.245 e. The Morgan fingerprint density at radius 2 is 1.91 bits per heavy atom. The first-order chi connectivity index (χ1) is 15.9. The lowest BCUT2D eigenvalue weighted by atomic mass is 10.0.